The van der Waals surface area contributed by atoms with Gasteiger partial charge in [-0.05, 0) is 18.4 Å². The molecule has 76 valence electrons. The SMILES string of the molecule is Cc1sc(CCC#N)nc1-c1cccs1. The van der Waals surface area contributed by atoms with Crippen LogP contribution in [0.25, 0.3) is 10.6 Å². The van der Waals surface area contributed by atoms with E-state index in [0.29, 0.717) is 6.42 Å². The van der Waals surface area contributed by atoms with Gasteiger partial charge in [-0.15, -0.1) is 22.7 Å². The van der Waals surface area contributed by atoms with Crippen LogP contribution in [0, 0.1) is 18.3 Å². The Hall–Kier alpha value is -1.18. The summed E-state index contributed by atoms with van der Waals surface area (Å²) in [6.07, 6.45) is 1.32. The first-order valence-corrected chi connectivity index (χ1v) is 6.38. The van der Waals surface area contributed by atoms with Crippen molar-refractivity contribution >= 4 is 22.7 Å². The average molecular weight is 234 g/mol. The van der Waals surface area contributed by atoms with Crippen molar-refractivity contribution in [2.75, 3.05) is 0 Å². The average Bonchev–Trinajstić information content (AvgIpc) is 2.83. The Kier molecular flexibility index (Phi) is 3.14. The molecule has 4 heteroatoms. The zero-order valence-electron chi connectivity index (χ0n) is 8.36. The Bertz CT molecular complexity index is 477. The molecule has 0 saturated carbocycles. The summed E-state index contributed by atoms with van der Waals surface area (Å²) in [7, 11) is 0. The van der Waals surface area contributed by atoms with Crippen molar-refractivity contribution in [2.24, 2.45) is 0 Å². The Morgan fingerprint density at radius 1 is 1.53 bits per heavy atom. The normalized spacial score (nSPS) is 10.1. The first-order chi connectivity index (χ1) is 7.31. The molecule has 0 unspecified atom stereocenters. The number of hydrogen-bond acceptors (Lipinski definition) is 4. The summed E-state index contributed by atoms with van der Waals surface area (Å²) in [4.78, 5) is 7.02. The second-order valence-electron chi connectivity index (χ2n) is 3.15. The van der Waals surface area contributed by atoms with Crippen molar-refractivity contribution in [3.63, 3.8) is 0 Å². The van der Waals surface area contributed by atoms with Crippen LogP contribution in [0.2, 0.25) is 0 Å². The van der Waals surface area contributed by atoms with E-state index >= 15 is 0 Å². The maximum Gasteiger partial charge on any atom is 0.0945 e. The molecular weight excluding hydrogens is 224 g/mol. The zero-order valence-corrected chi connectivity index (χ0v) is 9.99. The highest BCUT2D eigenvalue weighted by molar-refractivity contribution is 7.15. The number of hydrogen-bond donors (Lipinski definition) is 0. The third kappa shape index (κ3) is 2.25. The lowest BCUT2D eigenvalue weighted by Gasteiger charge is -1.90. The number of rotatable bonds is 3. The van der Waals surface area contributed by atoms with E-state index < -0.39 is 0 Å². The van der Waals surface area contributed by atoms with Gasteiger partial charge in [0, 0.05) is 17.7 Å². The maximum atomic E-state index is 8.52. The van der Waals surface area contributed by atoms with E-state index in [1.165, 1.54) is 9.75 Å². The minimum atomic E-state index is 0.552. The van der Waals surface area contributed by atoms with Crippen molar-refractivity contribution in [1.29, 1.82) is 5.26 Å². The molecule has 2 heterocycles. The molecule has 2 aromatic rings. The fourth-order valence-electron chi connectivity index (χ4n) is 1.36. The fourth-order valence-corrected chi connectivity index (χ4v) is 3.15. The van der Waals surface area contributed by atoms with Crippen LogP contribution in [0.15, 0.2) is 17.5 Å². The fraction of sp³-hybridized carbons (Fsp3) is 0.273. The molecule has 0 amide bonds. The zero-order chi connectivity index (χ0) is 10.7. The van der Waals surface area contributed by atoms with Crippen LogP contribution in [0.1, 0.15) is 16.3 Å². The molecule has 0 atom stereocenters. The second kappa shape index (κ2) is 4.56. The van der Waals surface area contributed by atoms with Crippen molar-refractivity contribution < 1.29 is 0 Å². The third-order valence-corrected chi connectivity index (χ3v) is 3.95. The van der Waals surface area contributed by atoms with Crippen LogP contribution in [-0.2, 0) is 6.42 Å². The van der Waals surface area contributed by atoms with Gasteiger partial charge in [0.2, 0.25) is 0 Å². The van der Waals surface area contributed by atoms with Gasteiger partial charge >= 0.3 is 0 Å². The largest absolute Gasteiger partial charge is 0.240 e. The molecule has 2 rings (SSSR count). The molecule has 15 heavy (non-hydrogen) atoms. The summed E-state index contributed by atoms with van der Waals surface area (Å²) in [6.45, 7) is 2.09. The second-order valence-corrected chi connectivity index (χ2v) is 5.38. The molecule has 0 N–H and O–H groups in total. The van der Waals surface area contributed by atoms with Crippen LogP contribution in [0.3, 0.4) is 0 Å². The van der Waals surface area contributed by atoms with Crippen LogP contribution >= 0.6 is 22.7 Å². The molecule has 0 radical (unpaired) electrons. The van der Waals surface area contributed by atoms with Gasteiger partial charge in [0.05, 0.1) is 21.6 Å². The topological polar surface area (TPSA) is 36.7 Å². The lowest BCUT2D eigenvalue weighted by Crippen LogP contribution is -1.81. The van der Waals surface area contributed by atoms with E-state index in [1.807, 2.05) is 6.07 Å². The van der Waals surface area contributed by atoms with E-state index in [-0.39, 0.29) is 0 Å². The van der Waals surface area contributed by atoms with Crippen molar-refractivity contribution in [3.05, 3.63) is 27.4 Å². The highest BCUT2D eigenvalue weighted by atomic mass is 32.1. The van der Waals surface area contributed by atoms with E-state index in [2.05, 4.69) is 29.4 Å². The quantitative estimate of drug-likeness (QED) is 0.813. The summed E-state index contributed by atoms with van der Waals surface area (Å²) >= 11 is 3.40. The molecule has 0 fully saturated rings. The van der Waals surface area contributed by atoms with Gasteiger partial charge in [-0.1, -0.05) is 6.07 Å². The van der Waals surface area contributed by atoms with Gasteiger partial charge < -0.3 is 0 Å². The van der Waals surface area contributed by atoms with Crippen molar-refractivity contribution in [1.82, 2.24) is 4.98 Å². The first-order valence-electron chi connectivity index (χ1n) is 4.68. The van der Waals surface area contributed by atoms with E-state index in [1.54, 1.807) is 22.7 Å². The first kappa shape index (κ1) is 10.3. The number of nitrogens with zero attached hydrogens (tertiary/aromatic N) is 2. The summed E-state index contributed by atoms with van der Waals surface area (Å²) in [6, 6.07) is 6.27. The smallest absolute Gasteiger partial charge is 0.0945 e. The Morgan fingerprint density at radius 3 is 3.07 bits per heavy atom. The molecule has 0 bridgehead atoms. The maximum absolute atomic E-state index is 8.52. The van der Waals surface area contributed by atoms with Crippen LogP contribution in [0.5, 0.6) is 0 Å². The lowest BCUT2D eigenvalue weighted by atomic mass is 10.3. The van der Waals surface area contributed by atoms with Crippen molar-refractivity contribution in [3.8, 4) is 16.6 Å². The number of thiazole rings is 1. The monoisotopic (exact) mass is 234 g/mol. The molecule has 0 aromatic carbocycles. The van der Waals surface area contributed by atoms with E-state index in [4.69, 9.17) is 5.26 Å². The van der Waals surface area contributed by atoms with E-state index in [9.17, 15) is 0 Å². The number of nitriles is 1. The van der Waals surface area contributed by atoms with Crippen LogP contribution in [0.4, 0.5) is 0 Å². The molecule has 2 nitrogen and oxygen atoms in total. The van der Waals surface area contributed by atoms with Gasteiger partial charge in [0.15, 0.2) is 0 Å². The molecule has 0 aliphatic rings. The predicted molar refractivity (Wildman–Crippen MR) is 64.1 cm³/mol. The van der Waals surface area contributed by atoms with Gasteiger partial charge in [0.1, 0.15) is 0 Å². The van der Waals surface area contributed by atoms with Gasteiger partial charge in [-0.2, -0.15) is 5.26 Å². The molecular formula is C11H10N2S2. The summed E-state index contributed by atoms with van der Waals surface area (Å²) < 4.78 is 0. The van der Waals surface area contributed by atoms with Gasteiger partial charge in [0.25, 0.3) is 0 Å². The van der Waals surface area contributed by atoms with Crippen LogP contribution < -0.4 is 0 Å². The summed E-state index contributed by atoms with van der Waals surface area (Å²) in [5.74, 6) is 0. The third-order valence-electron chi connectivity index (χ3n) is 2.05. The Labute approximate surface area is 96.8 Å². The van der Waals surface area contributed by atoms with Gasteiger partial charge in [-0.3, -0.25) is 0 Å². The number of aryl methyl sites for hydroxylation is 2. The highest BCUT2D eigenvalue weighted by Gasteiger charge is 2.09. The predicted octanol–water partition coefficient (Wildman–Crippen LogP) is 3.64. The summed E-state index contributed by atoms with van der Waals surface area (Å²) in [5, 5.41) is 11.6. The molecule has 0 aliphatic heterocycles. The Balaban J connectivity index is 2.27. The lowest BCUT2D eigenvalue weighted by molar-refractivity contribution is 0.991. The van der Waals surface area contributed by atoms with Crippen molar-refractivity contribution in [2.45, 2.75) is 19.8 Å². The van der Waals surface area contributed by atoms with E-state index in [0.717, 1.165) is 17.1 Å². The molecule has 0 spiro atoms. The standard InChI is InChI=1S/C11H10N2S2/c1-8-11(9-4-3-7-14-9)13-10(15-8)5-2-6-12/h3-4,7H,2,5H2,1H3. The molecule has 0 saturated heterocycles. The van der Waals surface area contributed by atoms with Gasteiger partial charge in [-0.25, -0.2) is 4.98 Å². The molecule has 0 aliphatic carbocycles. The Morgan fingerprint density at radius 2 is 2.40 bits per heavy atom. The minimum Gasteiger partial charge on any atom is -0.240 e. The highest BCUT2D eigenvalue weighted by Crippen LogP contribution is 2.30. The summed E-state index contributed by atoms with van der Waals surface area (Å²) in [5.41, 5.74) is 1.09. The number of thiophene rings is 1. The number of aromatic nitrogens is 1. The molecule has 2 aromatic heterocycles. The van der Waals surface area contributed by atoms with Crippen LogP contribution in [-0.4, -0.2) is 4.98 Å². The minimum absolute atomic E-state index is 0.552.